The van der Waals surface area contributed by atoms with E-state index in [1.165, 1.54) is 44.7 Å². The predicted octanol–water partition coefficient (Wildman–Crippen LogP) is 2.36. The summed E-state index contributed by atoms with van der Waals surface area (Å²) in [6, 6.07) is 11.3. The lowest BCUT2D eigenvalue weighted by atomic mass is 10.1. The van der Waals surface area contributed by atoms with E-state index in [9.17, 15) is 0 Å². The lowest BCUT2D eigenvalue weighted by Crippen LogP contribution is -2.48. The summed E-state index contributed by atoms with van der Waals surface area (Å²) in [6.07, 6.45) is 1.19. The van der Waals surface area contributed by atoms with E-state index in [2.05, 4.69) is 59.3 Å². The molecular weight excluding hydrogens is 246 g/mol. The smallest absolute Gasteiger partial charge is 0.0449 e. The third-order valence-corrected chi connectivity index (χ3v) is 4.20. The Hall–Kier alpha value is -0.900. The van der Waals surface area contributed by atoms with Gasteiger partial charge in [0.2, 0.25) is 0 Å². The highest BCUT2D eigenvalue weighted by Crippen LogP contribution is 2.15. The van der Waals surface area contributed by atoms with Crippen molar-refractivity contribution in [3.8, 4) is 0 Å². The fraction of sp³-hybridized carbons (Fsp3) is 0.647. The highest BCUT2D eigenvalue weighted by atomic mass is 15.3. The summed E-state index contributed by atoms with van der Waals surface area (Å²) < 4.78 is 0. The van der Waals surface area contributed by atoms with Crippen molar-refractivity contribution in [2.45, 2.75) is 26.3 Å². The summed E-state index contributed by atoms with van der Waals surface area (Å²) in [4.78, 5) is 5.14. The highest BCUT2D eigenvalue weighted by Gasteiger charge is 2.19. The Kier molecular flexibility index (Phi) is 6.51. The van der Waals surface area contributed by atoms with Gasteiger partial charge in [-0.05, 0) is 25.1 Å². The van der Waals surface area contributed by atoms with Crippen molar-refractivity contribution < 1.29 is 0 Å². The zero-order valence-electron chi connectivity index (χ0n) is 13.0. The maximum Gasteiger partial charge on any atom is 0.0449 e. The molecule has 0 radical (unpaired) electrons. The normalized spacial score (nSPS) is 19.1. The van der Waals surface area contributed by atoms with Gasteiger partial charge in [0.25, 0.3) is 0 Å². The van der Waals surface area contributed by atoms with Crippen LogP contribution in [0.4, 0.5) is 0 Å². The van der Waals surface area contributed by atoms with Gasteiger partial charge in [-0.2, -0.15) is 0 Å². The molecule has 1 aromatic rings. The molecule has 0 aliphatic carbocycles. The minimum Gasteiger partial charge on any atom is -0.309 e. The second-order valence-electron chi connectivity index (χ2n) is 5.65. The summed E-state index contributed by atoms with van der Waals surface area (Å²) in [6.45, 7) is 12.7. The van der Waals surface area contributed by atoms with Crippen LogP contribution in [0.2, 0.25) is 0 Å². The molecule has 1 atom stereocenters. The third-order valence-electron chi connectivity index (χ3n) is 4.20. The van der Waals surface area contributed by atoms with E-state index in [1.807, 2.05) is 0 Å². The predicted molar refractivity (Wildman–Crippen MR) is 86.0 cm³/mol. The van der Waals surface area contributed by atoms with Gasteiger partial charge in [0, 0.05) is 38.8 Å². The van der Waals surface area contributed by atoms with Gasteiger partial charge in [-0.1, -0.05) is 44.2 Å². The lowest BCUT2D eigenvalue weighted by Gasteiger charge is -2.36. The maximum absolute atomic E-state index is 3.70. The number of piperazine rings is 1. The molecule has 3 nitrogen and oxygen atoms in total. The first-order valence-electron chi connectivity index (χ1n) is 8.06. The molecule has 1 saturated heterocycles. The van der Waals surface area contributed by atoms with Gasteiger partial charge in [0.15, 0.2) is 0 Å². The van der Waals surface area contributed by atoms with Crippen LogP contribution in [0.1, 0.15) is 31.9 Å². The molecule has 0 spiro atoms. The molecule has 1 aliphatic heterocycles. The Morgan fingerprint density at radius 2 is 1.65 bits per heavy atom. The zero-order chi connectivity index (χ0) is 14.2. The van der Waals surface area contributed by atoms with Gasteiger partial charge >= 0.3 is 0 Å². The molecule has 0 amide bonds. The SMILES string of the molecule is CCCNC(CN1CCN(CC)CC1)c1ccccc1. The number of benzene rings is 1. The topological polar surface area (TPSA) is 18.5 Å². The first-order chi connectivity index (χ1) is 9.83. The van der Waals surface area contributed by atoms with Gasteiger partial charge in [-0.15, -0.1) is 0 Å². The number of nitrogens with zero attached hydrogens (tertiary/aromatic N) is 2. The van der Waals surface area contributed by atoms with E-state index in [0.717, 1.165) is 13.1 Å². The van der Waals surface area contributed by atoms with Gasteiger partial charge < -0.3 is 10.2 Å². The molecule has 1 fully saturated rings. The first kappa shape index (κ1) is 15.5. The van der Waals surface area contributed by atoms with Crippen LogP contribution < -0.4 is 5.32 Å². The fourth-order valence-electron chi connectivity index (χ4n) is 2.84. The molecule has 0 bridgehead atoms. The lowest BCUT2D eigenvalue weighted by molar-refractivity contribution is 0.127. The Morgan fingerprint density at radius 3 is 2.25 bits per heavy atom. The Labute approximate surface area is 124 Å². The fourth-order valence-corrected chi connectivity index (χ4v) is 2.84. The molecule has 1 unspecified atom stereocenters. The van der Waals surface area contributed by atoms with Gasteiger partial charge in [-0.25, -0.2) is 0 Å². The molecule has 1 aliphatic rings. The number of likely N-dealkylation sites (N-methyl/N-ethyl adjacent to an activating group) is 1. The summed E-state index contributed by atoms with van der Waals surface area (Å²) in [5.74, 6) is 0. The molecule has 20 heavy (non-hydrogen) atoms. The average molecular weight is 275 g/mol. The van der Waals surface area contributed by atoms with Crippen molar-refractivity contribution in [3.05, 3.63) is 35.9 Å². The van der Waals surface area contributed by atoms with Crippen molar-refractivity contribution in [1.29, 1.82) is 0 Å². The molecule has 1 heterocycles. The third kappa shape index (κ3) is 4.58. The molecular formula is C17H29N3. The minimum atomic E-state index is 0.462. The highest BCUT2D eigenvalue weighted by molar-refractivity contribution is 5.19. The number of hydrogen-bond acceptors (Lipinski definition) is 3. The van der Waals surface area contributed by atoms with Gasteiger partial charge in [-0.3, -0.25) is 4.90 Å². The van der Waals surface area contributed by atoms with E-state index < -0.39 is 0 Å². The molecule has 3 heteroatoms. The summed E-state index contributed by atoms with van der Waals surface area (Å²) in [5, 5.41) is 3.70. The molecule has 1 aromatic carbocycles. The van der Waals surface area contributed by atoms with E-state index >= 15 is 0 Å². The Morgan fingerprint density at radius 1 is 1.00 bits per heavy atom. The van der Waals surface area contributed by atoms with Crippen LogP contribution in [0, 0.1) is 0 Å². The molecule has 0 saturated carbocycles. The van der Waals surface area contributed by atoms with Crippen LogP contribution in [-0.2, 0) is 0 Å². The summed E-state index contributed by atoms with van der Waals surface area (Å²) in [7, 11) is 0. The second-order valence-corrected chi connectivity index (χ2v) is 5.65. The van der Waals surface area contributed by atoms with Crippen LogP contribution in [0.25, 0.3) is 0 Å². The number of hydrogen-bond donors (Lipinski definition) is 1. The average Bonchev–Trinajstić information content (AvgIpc) is 2.53. The molecule has 0 aromatic heterocycles. The monoisotopic (exact) mass is 275 g/mol. The Bertz CT molecular complexity index is 358. The van der Waals surface area contributed by atoms with Crippen LogP contribution >= 0.6 is 0 Å². The van der Waals surface area contributed by atoms with Crippen molar-refractivity contribution >= 4 is 0 Å². The zero-order valence-corrected chi connectivity index (χ0v) is 13.0. The second kappa shape index (κ2) is 8.40. The van der Waals surface area contributed by atoms with E-state index in [4.69, 9.17) is 0 Å². The van der Waals surface area contributed by atoms with Gasteiger partial charge in [0.1, 0.15) is 0 Å². The Balaban J connectivity index is 1.91. The standard InChI is InChI=1S/C17H29N3/c1-3-10-18-17(16-8-6-5-7-9-16)15-20-13-11-19(4-2)12-14-20/h5-9,17-18H,3-4,10-15H2,1-2H3. The van der Waals surface area contributed by atoms with E-state index in [0.29, 0.717) is 6.04 Å². The number of rotatable bonds is 7. The van der Waals surface area contributed by atoms with E-state index in [-0.39, 0.29) is 0 Å². The van der Waals surface area contributed by atoms with E-state index in [1.54, 1.807) is 0 Å². The van der Waals surface area contributed by atoms with Crippen molar-refractivity contribution in [2.75, 3.05) is 45.8 Å². The van der Waals surface area contributed by atoms with Crippen LogP contribution in [0.15, 0.2) is 30.3 Å². The van der Waals surface area contributed by atoms with Crippen molar-refractivity contribution in [2.24, 2.45) is 0 Å². The maximum atomic E-state index is 3.70. The number of nitrogens with one attached hydrogen (secondary N) is 1. The van der Waals surface area contributed by atoms with Crippen molar-refractivity contribution in [1.82, 2.24) is 15.1 Å². The first-order valence-corrected chi connectivity index (χ1v) is 8.06. The molecule has 112 valence electrons. The van der Waals surface area contributed by atoms with Crippen LogP contribution in [-0.4, -0.2) is 55.6 Å². The molecule has 2 rings (SSSR count). The summed E-state index contributed by atoms with van der Waals surface area (Å²) >= 11 is 0. The van der Waals surface area contributed by atoms with Crippen LogP contribution in [0.3, 0.4) is 0 Å². The van der Waals surface area contributed by atoms with Crippen molar-refractivity contribution in [3.63, 3.8) is 0 Å². The van der Waals surface area contributed by atoms with Gasteiger partial charge in [0.05, 0.1) is 0 Å². The van der Waals surface area contributed by atoms with Crippen LogP contribution in [0.5, 0.6) is 0 Å². The molecule has 1 N–H and O–H groups in total. The minimum absolute atomic E-state index is 0.462. The largest absolute Gasteiger partial charge is 0.309 e. The quantitative estimate of drug-likeness (QED) is 0.824. The summed E-state index contributed by atoms with van der Waals surface area (Å²) in [5.41, 5.74) is 1.42.